The molecule has 0 fully saturated rings. The molecular weight excluding hydrogens is 471 g/mol. The Hall–Kier alpha value is -3.96. The van der Waals surface area contributed by atoms with Crippen LogP contribution in [0.2, 0.25) is 10.0 Å². The number of hydrogen-bond donors (Lipinski definition) is 2. The first kappa shape index (κ1) is 22.2. The van der Waals surface area contributed by atoms with Gasteiger partial charge in [0.2, 0.25) is 11.6 Å². The van der Waals surface area contributed by atoms with Gasteiger partial charge in [-0.3, -0.25) is 4.79 Å². The molecule has 0 saturated heterocycles. The van der Waals surface area contributed by atoms with Crippen LogP contribution in [0.4, 0.5) is 5.82 Å². The lowest BCUT2D eigenvalue weighted by molar-refractivity contribution is 0.0950. The summed E-state index contributed by atoms with van der Waals surface area (Å²) in [5.74, 6) is -0.000749. The van der Waals surface area contributed by atoms with Crippen LogP contribution in [-0.2, 0) is 0 Å². The number of aromatic nitrogens is 5. The number of ether oxygens (including phenoxy) is 1. The molecule has 0 radical (unpaired) electrons. The number of amides is 1. The van der Waals surface area contributed by atoms with Crippen LogP contribution in [-0.4, -0.2) is 44.0 Å². The summed E-state index contributed by atoms with van der Waals surface area (Å²) in [4.78, 5) is 13.0. The van der Waals surface area contributed by atoms with Crippen molar-refractivity contribution >= 4 is 40.6 Å². The van der Waals surface area contributed by atoms with E-state index in [-0.39, 0.29) is 23.0 Å². The monoisotopic (exact) mass is 486 g/mol. The number of nitrogens with zero attached hydrogens (tertiary/aromatic N) is 6. The number of carbonyl (C=O) groups excluding carboxylic acids is 1. The largest absolute Gasteiger partial charge is 0.497 e. The number of rotatable bonds is 6. The number of nitrogens with one attached hydrogen (secondary N) is 1. The Bertz CT molecular complexity index is 1370. The molecule has 3 N–H and O–H groups in total. The van der Waals surface area contributed by atoms with Crippen molar-refractivity contribution in [2.75, 3.05) is 12.8 Å². The molecule has 4 rings (SSSR count). The summed E-state index contributed by atoms with van der Waals surface area (Å²) in [5.41, 5.74) is 10.3. The summed E-state index contributed by atoms with van der Waals surface area (Å²) in [5, 5.41) is 20.3. The van der Waals surface area contributed by atoms with Gasteiger partial charge in [0.25, 0.3) is 5.91 Å². The predicted octanol–water partition coefficient (Wildman–Crippen LogP) is 3.37. The van der Waals surface area contributed by atoms with E-state index < -0.39 is 5.91 Å². The van der Waals surface area contributed by atoms with Gasteiger partial charge in [-0.25, -0.2) is 10.1 Å². The molecular formula is C20H16Cl2N8O3. The Morgan fingerprint density at radius 1 is 1.18 bits per heavy atom. The second kappa shape index (κ2) is 9.27. The van der Waals surface area contributed by atoms with Crippen LogP contribution in [0.1, 0.15) is 23.0 Å². The van der Waals surface area contributed by atoms with Crippen molar-refractivity contribution in [3.63, 3.8) is 0 Å². The Morgan fingerprint density at radius 2 is 2.00 bits per heavy atom. The van der Waals surface area contributed by atoms with Gasteiger partial charge in [-0.2, -0.15) is 9.78 Å². The third kappa shape index (κ3) is 4.49. The third-order valence-corrected chi connectivity index (χ3v) is 5.33. The summed E-state index contributed by atoms with van der Waals surface area (Å²) in [7, 11) is 1.53. The van der Waals surface area contributed by atoms with Gasteiger partial charge in [0.1, 0.15) is 11.4 Å². The molecule has 33 heavy (non-hydrogen) atoms. The lowest BCUT2D eigenvalue weighted by atomic mass is 10.1. The Morgan fingerprint density at radius 3 is 2.70 bits per heavy atom. The zero-order valence-electron chi connectivity index (χ0n) is 17.3. The van der Waals surface area contributed by atoms with Gasteiger partial charge >= 0.3 is 0 Å². The minimum absolute atomic E-state index is 0.0236. The molecule has 13 heteroatoms. The molecule has 0 aliphatic heterocycles. The van der Waals surface area contributed by atoms with E-state index in [4.69, 9.17) is 33.7 Å². The lowest BCUT2D eigenvalue weighted by Crippen LogP contribution is -2.21. The summed E-state index contributed by atoms with van der Waals surface area (Å²) < 4.78 is 11.2. The molecule has 2 heterocycles. The van der Waals surface area contributed by atoms with Crippen LogP contribution in [0.5, 0.6) is 5.75 Å². The highest BCUT2D eigenvalue weighted by Gasteiger charge is 2.25. The average Bonchev–Trinajstić information content (AvgIpc) is 3.45. The van der Waals surface area contributed by atoms with Crippen molar-refractivity contribution in [2.24, 2.45) is 5.10 Å². The first-order valence-corrected chi connectivity index (χ1v) is 10.1. The first-order valence-electron chi connectivity index (χ1n) is 9.37. The number of anilines is 1. The van der Waals surface area contributed by atoms with Crippen LogP contribution in [0.3, 0.4) is 0 Å². The van der Waals surface area contributed by atoms with Gasteiger partial charge in [0, 0.05) is 5.56 Å². The maximum Gasteiger partial charge on any atom is 0.294 e. The van der Waals surface area contributed by atoms with E-state index in [0.717, 1.165) is 0 Å². The van der Waals surface area contributed by atoms with Crippen molar-refractivity contribution < 1.29 is 14.2 Å². The van der Waals surface area contributed by atoms with Gasteiger partial charge in [-0.15, -0.1) is 5.10 Å². The van der Waals surface area contributed by atoms with Gasteiger partial charge in [-0.1, -0.05) is 46.6 Å². The van der Waals surface area contributed by atoms with Gasteiger partial charge < -0.3 is 10.5 Å². The van der Waals surface area contributed by atoms with Gasteiger partial charge in [0.05, 0.1) is 22.9 Å². The molecule has 0 aliphatic rings. The molecule has 4 aromatic rings. The van der Waals surface area contributed by atoms with Crippen molar-refractivity contribution in [3.8, 4) is 22.8 Å². The summed E-state index contributed by atoms with van der Waals surface area (Å²) in [6, 6.07) is 12.0. The number of halogens is 2. The average molecular weight is 487 g/mol. The smallest absolute Gasteiger partial charge is 0.294 e. The van der Waals surface area contributed by atoms with E-state index in [1.165, 1.54) is 11.8 Å². The molecule has 0 aliphatic carbocycles. The van der Waals surface area contributed by atoms with E-state index in [0.29, 0.717) is 32.6 Å². The first-order chi connectivity index (χ1) is 15.9. The predicted molar refractivity (Wildman–Crippen MR) is 122 cm³/mol. The molecule has 0 unspecified atom stereocenters. The van der Waals surface area contributed by atoms with E-state index >= 15 is 0 Å². The lowest BCUT2D eigenvalue weighted by Gasteiger charge is -2.08. The van der Waals surface area contributed by atoms with Crippen LogP contribution in [0.25, 0.3) is 17.1 Å². The van der Waals surface area contributed by atoms with Crippen LogP contribution in [0, 0.1) is 0 Å². The molecule has 0 atom stereocenters. The second-order valence-corrected chi connectivity index (χ2v) is 7.48. The number of hydrogen-bond acceptors (Lipinski definition) is 9. The molecule has 1 amide bonds. The number of hydrazone groups is 1. The van der Waals surface area contributed by atoms with Crippen molar-refractivity contribution in [3.05, 3.63) is 63.8 Å². The molecule has 0 saturated carbocycles. The van der Waals surface area contributed by atoms with Crippen LogP contribution < -0.4 is 15.9 Å². The molecule has 2 aromatic carbocycles. The minimum Gasteiger partial charge on any atom is -0.497 e. The number of carbonyl (C=O) groups is 1. The van der Waals surface area contributed by atoms with E-state index in [1.54, 1.807) is 49.4 Å². The van der Waals surface area contributed by atoms with Crippen molar-refractivity contribution in [1.82, 2.24) is 30.7 Å². The molecule has 2 aromatic heterocycles. The fourth-order valence-corrected chi connectivity index (χ4v) is 3.22. The zero-order chi connectivity index (χ0) is 23.5. The maximum absolute atomic E-state index is 13.0. The summed E-state index contributed by atoms with van der Waals surface area (Å²) in [6.07, 6.45) is 0. The normalized spacial score (nSPS) is 11.5. The maximum atomic E-state index is 13.0. The highest BCUT2D eigenvalue weighted by Crippen LogP contribution is 2.29. The van der Waals surface area contributed by atoms with E-state index in [2.05, 4.69) is 35.8 Å². The number of benzene rings is 2. The Kier molecular flexibility index (Phi) is 6.24. The number of methoxy groups -OCH3 is 1. The standard InChI is InChI=1S/C20H16Cl2N8O3/c1-10(11-6-7-14(21)15(22)9-11)24-26-20(31)16-17(12-4-3-5-13(8-12)32-2)30(29-25-16)19-18(23)27-33-28-19/h3-9H,1-2H3,(H2,23,27)(H,26,31)/b24-10+. The summed E-state index contributed by atoms with van der Waals surface area (Å²) >= 11 is 12.0. The zero-order valence-corrected chi connectivity index (χ0v) is 18.8. The highest BCUT2D eigenvalue weighted by atomic mass is 35.5. The van der Waals surface area contributed by atoms with E-state index in [9.17, 15) is 4.79 Å². The van der Waals surface area contributed by atoms with Crippen LogP contribution in [0.15, 0.2) is 52.2 Å². The quantitative estimate of drug-likeness (QED) is 0.311. The van der Waals surface area contributed by atoms with E-state index in [1.807, 2.05) is 0 Å². The molecule has 0 spiro atoms. The third-order valence-electron chi connectivity index (χ3n) is 4.59. The SMILES string of the molecule is COc1cccc(-c2c(C(=O)N/N=C(\C)c3ccc(Cl)c(Cl)c3)nnn2-c2nonc2N)c1. The number of nitrogens with two attached hydrogens (primary N) is 1. The fourth-order valence-electron chi connectivity index (χ4n) is 2.92. The second-order valence-electron chi connectivity index (χ2n) is 6.67. The minimum atomic E-state index is -0.617. The number of nitrogen functional groups attached to an aromatic ring is 1. The van der Waals surface area contributed by atoms with Gasteiger partial charge in [0.15, 0.2) is 5.69 Å². The van der Waals surface area contributed by atoms with Crippen molar-refractivity contribution in [2.45, 2.75) is 6.92 Å². The fraction of sp³-hybridized carbons (Fsp3) is 0.100. The highest BCUT2D eigenvalue weighted by molar-refractivity contribution is 6.42. The Balaban J connectivity index is 1.72. The van der Waals surface area contributed by atoms with Crippen molar-refractivity contribution in [1.29, 1.82) is 0 Å². The van der Waals surface area contributed by atoms with Gasteiger partial charge in [-0.05, 0) is 47.1 Å². The Labute approximate surface area is 197 Å². The topological polar surface area (TPSA) is 146 Å². The molecule has 11 nitrogen and oxygen atoms in total. The molecule has 168 valence electrons. The summed E-state index contributed by atoms with van der Waals surface area (Å²) in [6.45, 7) is 1.71. The molecule has 0 bridgehead atoms. The van der Waals surface area contributed by atoms with Crippen LogP contribution >= 0.6 is 23.2 Å².